The highest BCUT2D eigenvalue weighted by molar-refractivity contribution is 4.81. The zero-order chi connectivity index (χ0) is 6.27. The van der Waals surface area contributed by atoms with Gasteiger partial charge in [0.15, 0.2) is 0 Å². The topological polar surface area (TPSA) is 25.1 Å². The maximum absolute atomic E-state index is 5.14. The zero-order valence-electron chi connectivity index (χ0n) is 5.67. The molecule has 3 atom stereocenters. The highest BCUT2D eigenvalue weighted by atomic mass is 16.6. The first-order chi connectivity index (χ1) is 4.36. The standard InChI is InChI=1S/C7H12O2/c1-5(7-4-9-7)2-6-3-8-6/h5-7H,2-4H2,1H3. The van der Waals surface area contributed by atoms with Crippen molar-refractivity contribution in [1.82, 2.24) is 0 Å². The van der Waals surface area contributed by atoms with Crippen LogP contribution in [-0.2, 0) is 9.47 Å². The second-order valence-electron chi connectivity index (χ2n) is 3.04. The van der Waals surface area contributed by atoms with E-state index in [0.717, 1.165) is 19.1 Å². The van der Waals surface area contributed by atoms with Crippen LogP contribution in [0.2, 0.25) is 0 Å². The van der Waals surface area contributed by atoms with Gasteiger partial charge in [-0.2, -0.15) is 0 Å². The van der Waals surface area contributed by atoms with E-state index in [-0.39, 0.29) is 0 Å². The molecule has 2 aliphatic rings. The van der Waals surface area contributed by atoms with Gasteiger partial charge in [0.25, 0.3) is 0 Å². The van der Waals surface area contributed by atoms with Gasteiger partial charge in [-0.15, -0.1) is 0 Å². The molecule has 0 aromatic carbocycles. The van der Waals surface area contributed by atoms with Gasteiger partial charge in [-0.05, 0) is 12.3 Å². The van der Waals surface area contributed by atoms with Crippen molar-refractivity contribution < 1.29 is 9.47 Å². The van der Waals surface area contributed by atoms with E-state index in [9.17, 15) is 0 Å². The monoisotopic (exact) mass is 128 g/mol. The van der Waals surface area contributed by atoms with E-state index in [1.165, 1.54) is 6.42 Å². The lowest BCUT2D eigenvalue weighted by Gasteiger charge is -2.02. The Labute approximate surface area is 55.1 Å². The maximum atomic E-state index is 5.14. The van der Waals surface area contributed by atoms with Gasteiger partial charge in [-0.3, -0.25) is 0 Å². The lowest BCUT2D eigenvalue weighted by molar-refractivity contribution is 0.299. The van der Waals surface area contributed by atoms with Crippen LogP contribution in [0.3, 0.4) is 0 Å². The molecular weight excluding hydrogens is 116 g/mol. The SMILES string of the molecule is CC(CC1CO1)C1CO1. The minimum Gasteiger partial charge on any atom is -0.373 e. The molecule has 2 fully saturated rings. The van der Waals surface area contributed by atoms with Crippen LogP contribution < -0.4 is 0 Å². The molecule has 2 heterocycles. The van der Waals surface area contributed by atoms with Crippen molar-refractivity contribution in [2.24, 2.45) is 5.92 Å². The molecule has 9 heavy (non-hydrogen) atoms. The number of rotatable bonds is 3. The van der Waals surface area contributed by atoms with Crippen molar-refractivity contribution >= 4 is 0 Å². The van der Waals surface area contributed by atoms with Crippen molar-refractivity contribution in [2.75, 3.05) is 13.2 Å². The molecule has 52 valence electrons. The molecule has 0 radical (unpaired) electrons. The predicted molar refractivity (Wildman–Crippen MR) is 33.3 cm³/mol. The van der Waals surface area contributed by atoms with Crippen LogP contribution in [0.25, 0.3) is 0 Å². The molecule has 0 bridgehead atoms. The first-order valence-corrected chi connectivity index (χ1v) is 3.59. The Morgan fingerprint density at radius 2 is 2.11 bits per heavy atom. The molecule has 2 heteroatoms. The van der Waals surface area contributed by atoms with E-state index in [0.29, 0.717) is 12.2 Å². The van der Waals surface area contributed by atoms with E-state index in [2.05, 4.69) is 6.92 Å². The summed E-state index contributed by atoms with van der Waals surface area (Å²) >= 11 is 0. The Morgan fingerprint density at radius 3 is 2.56 bits per heavy atom. The molecule has 2 saturated heterocycles. The zero-order valence-corrected chi connectivity index (χ0v) is 5.67. The minimum atomic E-state index is 0.564. The second kappa shape index (κ2) is 1.96. The Balaban J connectivity index is 1.69. The molecule has 0 amide bonds. The molecule has 2 nitrogen and oxygen atoms in total. The normalized spacial score (nSPS) is 42.3. The summed E-state index contributed by atoms with van der Waals surface area (Å²) in [4.78, 5) is 0. The fourth-order valence-electron chi connectivity index (χ4n) is 1.15. The van der Waals surface area contributed by atoms with Crippen LogP contribution in [0.4, 0.5) is 0 Å². The first kappa shape index (κ1) is 5.69. The van der Waals surface area contributed by atoms with Gasteiger partial charge in [0, 0.05) is 0 Å². The molecular formula is C7H12O2. The summed E-state index contributed by atoms with van der Waals surface area (Å²) in [5, 5.41) is 0. The Hall–Kier alpha value is -0.0800. The van der Waals surface area contributed by atoms with Gasteiger partial charge in [0.2, 0.25) is 0 Å². The minimum absolute atomic E-state index is 0.564. The van der Waals surface area contributed by atoms with Gasteiger partial charge in [-0.25, -0.2) is 0 Å². The highest BCUT2D eigenvalue weighted by Gasteiger charge is 2.34. The van der Waals surface area contributed by atoms with E-state index in [4.69, 9.17) is 9.47 Å². The van der Waals surface area contributed by atoms with E-state index < -0.39 is 0 Å². The van der Waals surface area contributed by atoms with Crippen molar-refractivity contribution in [2.45, 2.75) is 25.6 Å². The summed E-state index contributed by atoms with van der Waals surface area (Å²) in [6.07, 6.45) is 2.34. The van der Waals surface area contributed by atoms with E-state index in [1.54, 1.807) is 0 Å². The van der Waals surface area contributed by atoms with Gasteiger partial charge in [0.1, 0.15) is 0 Å². The smallest absolute Gasteiger partial charge is 0.0836 e. The Morgan fingerprint density at radius 1 is 1.44 bits per heavy atom. The third-order valence-corrected chi connectivity index (χ3v) is 2.03. The molecule has 0 aliphatic carbocycles. The fourth-order valence-corrected chi connectivity index (χ4v) is 1.15. The summed E-state index contributed by atoms with van der Waals surface area (Å²) in [5.74, 6) is 0.720. The van der Waals surface area contributed by atoms with Crippen LogP contribution in [0.1, 0.15) is 13.3 Å². The number of epoxide rings is 2. The largest absolute Gasteiger partial charge is 0.373 e. The number of hydrogen-bond donors (Lipinski definition) is 0. The first-order valence-electron chi connectivity index (χ1n) is 3.59. The summed E-state index contributed by atoms with van der Waals surface area (Å²) in [6.45, 7) is 4.20. The summed E-state index contributed by atoms with van der Waals surface area (Å²) in [7, 11) is 0. The van der Waals surface area contributed by atoms with Gasteiger partial charge in [-0.1, -0.05) is 6.92 Å². The molecule has 2 aliphatic heterocycles. The van der Waals surface area contributed by atoms with Crippen LogP contribution in [-0.4, -0.2) is 25.4 Å². The van der Waals surface area contributed by atoms with Crippen molar-refractivity contribution in [3.05, 3.63) is 0 Å². The van der Waals surface area contributed by atoms with Crippen LogP contribution >= 0.6 is 0 Å². The van der Waals surface area contributed by atoms with Gasteiger partial charge in [0.05, 0.1) is 25.4 Å². The van der Waals surface area contributed by atoms with Crippen molar-refractivity contribution in [3.63, 3.8) is 0 Å². The molecule has 0 aromatic rings. The molecule has 0 aromatic heterocycles. The maximum Gasteiger partial charge on any atom is 0.0836 e. The average molecular weight is 128 g/mol. The number of hydrogen-bond acceptors (Lipinski definition) is 2. The Kier molecular flexibility index (Phi) is 1.24. The average Bonchev–Trinajstić information content (AvgIpc) is 2.62. The predicted octanol–water partition coefficient (Wildman–Crippen LogP) is 0.810. The third kappa shape index (κ3) is 1.43. The summed E-state index contributed by atoms with van der Waals surface area (Å²) in [6, 6.07) is 0. The lowest BCUT2D eigenvalue weighted by Crippen LogP contribution is -2.06. The van der Waals surface area contributed by atoms with E-state index in [1.807, 2.05) is 0 Å². The van der Waals surface area contributed by atoms with Crippen molar-refractivity contribution in [1.29, 1.82) is 0 Å². The molecule has 2 rings (SSSR count). The lowest BCUT2D eigenvalue weighted by atomic mass is 10.0. The van der Waals surface area contributed by atoms with Gasteiger partial charge >= 0.3 is 0 Å². The highest BCUT2D eigenvalue weighted by Crippen LogP contribution is 2.28. The second-order valence-corrected chi connectivity index (χ2v) is 3.04. The van der Waals surface area contributed by atoms with Crippen LogP contribution in [0.5, 0.6) is 0 Å². The molecule has 0 saturated carbocycles. The summed E-state index contributed by atoms with van der Waals surface area (Å²) < 4.78 is 10.2. The van der Waals surface area contributed by atoms with Gasteiger partial charge < -0.3 is 9.47 Å². The third-order valence-electron chi connectivity index (χ3n) is 2.03. The molecule has 0 spiro atoms. The van der Waals surface area contributed by atoms with Crippen LogP contribution in [0.15, 0.2) is 0 Å². The Bertz CT molecular complexity index is 105. The molecule has 0 N–H and O–H groups in total. The number of ether oxygens (including phenoxy) is 2. The summed E-state index contributed by atoms with van der Waals surface area (Å²) in [5.41, 5.74) is 0. The van der Waals surface area contributed by atoms with E-state index >= 15 is 0 Å². The quantitative estimate of drug-likeness (QED) is 0.525. The molecule has 3 unspecified atom stereocenters. The fraction of sp³-hybridized carbons (Fsp3) is 1.00. The van der Waals surface area contributed by atoms with Crippen LogP contribution in [0, 0.1) is 5.92 Å². The van der Waals surface area contributed by atoms with Crippen molar-refractivity contribution in [3.8, 4) is 0 Å².